The normalized spacial score (nSPS) is 21.8. The zero-order valence-corrected chi connectivity index (χ0v) is 24.3. The number of carbonyl (C=O) groups is 1. The lowest BCUT2D eigenvalue weighted by molar-refractivity contribution is -0.137. The number of methoxy groups -OCH3 is 1. The van der Waals surface area contributed by atoms with Crippen LogP contribution in [0.3, 0.4) is 0 Å². The summed E-state index contributed by atoms with van der Waals surface area (Å²) in [6.07, 6.45) is 4.29. The molecule has 0 spiro atoms. The molecule has 210 valence electrons. The molecule has 1 amide bonds. The Morgan fingerprint density at radius 3 is 2.16 bits per heavy atom. The fourth-order valence-electron chi connectivity index (χ4n) is 5.62. The van der Waals surface area contributed by atoms with Crippen LogP contribution in [0.4, 0.5) is 0 Å². The number of benzene rings is 1. The molecule has 2 aliphatic rings. The van der Waals surface area contributed by atoms with Gasteiger partial charge in [-0.15, -0.1) is 0 Å². The van der Waals surface area contributed by atoms with Gasteiger partial charge in [0.1, 0.15) is 12.4 Å². The number of sulfonamides is 1. The third-order valence-electron chi connectivity index (χ3n) is 8.09. The molecule has 0 atom stereocenters. The SMILES string of the molecule is CCN1CCN([C@H]2CC[C@H](N(C)C(=O)COCCN(C)S(=O)(=O)c3c(C)cc(OC)cc3C)CC2)CC1. The quantitative estimate of drug-likeness (QED) is 0.400. The molecule has 0 unspecified atom stereocenters. The van der Waals surface area contributed by atoms with Crippen molar-refractivity contribution in [2.45, 2.75) is 63.4 Å². The second-order valence-corrected chi connectivity index (χ2v) is 12.4. The van der Waals surface area contributed by atoms with E-state index in [4.69, 9.17) is 9.47 Å². The number of piperazine rings is 1. The van der Waals surface area contributed by atoms with Crippen LogP contribution in [0.5, 0.6) is 5.75 Å². The summed E-state index contributed by atoms with van der Waals surface area (Å²) in [5.74, 6) is 0.582. The molecule has 37 heavy (non-hydrogen) atoms. The number of aryl methyl sites for hydroxylation is 2. The molecule has 1 heterocycles. The Balaban J connectivity index is 1.41. The summed E-state index contributed by atoms with van der Waals surface area (Å²) in [4.78, 5) is 20.0. The first-order chi connectivity index (χ1) is 17.6. The third kappa shape index (κ3) is 7.44. The van der Waals surface area contributed by atoms with Crippen molar-refractivity contribution in [1.82, 2.24) is 19.0 Å². The molecular formula is C27H46N4O5S. The van der Waals surface area contributed by atoms with Gasteiger partial charge in [-0.3, -0.25) is 9.69 Å². The molecule has 0 aromatic heterocycles. The van der Waals surface area contributed by atoms with Crippen LogP contribution >= 0.6 is 0 Å². The Bertz CT molecular complexity index is 979. The summed E-state index contributed by atoms with van der Waals surface area (Å²) >= 11 is 0. The fourth-order valence-corrected chi connectivity index (χ4v) is 7.18. The number of amides is 1. The monoisotopic (exact) mass is 538 g/mol. The van der Waals surface area contributed by atoms with E-state index >= 15 is 0 Å². The van der Waals surface area contributed by atoms with Gasteiger partial charge in [-0.25, -0.2) is 8.42 Å². The summed E-state index contributed by atoms with van der Waals surface area (Å²) in [5, 5.41) is 0. The van der Waals surface area contributed by atoms with E-state index in [9.17, 15) is 13.2 Å². The van der Waals surface area contributed by atoms with E-state index in [1.54, 1.807) is 33.1 Å². The number of nitrogens with zero attached hydrogens (tertiary/aromatic N) is 4. The Morgan fingerprint density at radius 1 is 1.03 bits per heavy atom. The highest BCUT2D eigenvalue weighted by Crippen LogP contribution is 2.28. The van der Waals surface area contributed by atoms with E-state index in [1.165, 1.54) is 11.4 Å². The van der Waals surface area contributed by atoms with E-state index in [-0.39, 0.29) is 36.6 Å². The molecule has 0 N–H and O–H groups in total. The van der Waals surface area contributed by atoms with Crippen molar-refractivity contribution in [1.29, 1.82) is 0 Å². The molecule has 0 bridgehead atoms. The molecule has 1 aliphatic carbocycles. The van der Waals surface area contributed by atoms with Gasteiger partial charge in [-0.2, -0.15) is 4.31 Å². The minimum Gasteiger partial charge on any atom is -0.497 e. The molecule has 1 saturated heterocycles. The molecular weight excluding hydrogens is 492 g/mol. The van der Waals surface area contributed by atoms with Crippen LogP contribution in [0.15, 0.2) is 17.0 Å². The Labute approximate surface area is 223 Å². The van der Waals surface area contributed by atoms with Crippen molar-refractivity contribution in [3.63, 3.8) is 0 Å². The molecule has 10 heteroatoms. The highest BCUT2D eigenvalue weighted by molar-refractivity contribution is 7.89. The topological polar surface area (TPSA) is 82.6 Å². The van der Waals surface area contributed by atoms with Crippen LogP contribution in [0.2, 0.25) is 0 Å². The highest BCUT2D eigenvalue weighted by atomic mass is 32.2. The van der Waals surface area contributed by atoms with Gasteiger partial charge in [0.2, 0.25) is 15.9 Å². The van der Waals surface area contributed by atoms with Gasteiger partial charge in [-0.1, -0.05) is 6.92 Å². The van der Waals surface area contributed by atoms with Crippen molar-refractivity contribution >= 4 is 15.9 Å². The highest BCUT2D eigenvalue weighted by Gasteiger charge is 2.31. The molecule has 1 aromatic carbocycles. The van der Waals surface area contributed by atoms with E-state index < -0.39 is 10.0 Å². The van der Waals surface area contributed by atoms with Crippen LogP contribution in [-0.4, -0.2) is 119 Å². The molecule has 3 rings (SSSR count). The van der Waals surface area contributed by atoms with E-state index in [2.05, 4.69) is 16.7 Å². The predicted octanol–water partition coefficient (Wildman–Crippen LogP) is 2.36. The van der Waals surface area contributed by atoms with Crippen molar-refractivity contribution in [3.05, 3.63) is 23.3 Å². The Hall–Kier alpha value is -1.72. The van der Waals surface area contributed by atoms with Gasteiger partial charge in [0.25, 0.3) is 0 Å². The maximum absolute atomic E-state index is 13.1. The first-order valence-corrected chi connectivity index (χ1v) is 14.9. The van der Waals surface area contributed by atoms with Gasteiger partial charge in [-0.05, 0) is 69.3 Å². The molecule has 2 fully saturated rings. The average molecular weight is 539 g/mol. The summed E-state index contributed by atoms with van der Waals surface area (Å²) in [6.45, 7) is 11.8. The summed E-state index contributed by atoms with van der Waals surface area (Å²) in [5.41, 5.74) is 1.28. The minimum absolute atomic E-state index is 0.0378. The van der Waals surface area contributed by atoms with Crippen LogP contribution in [-0.2, 0) is 19.6 Å². The summed E-state index contributed by atoms with van der Waals surface area (Å²) in [6, 6.07) is 4.32. The van der Waals surface area contributed by atoms with E-state index in [0.29, 0.717) is 22.9 Å². The lowest BCUT2D eigenvalue weighted by atomic mass is 9.89. The van der Waals surface area contributed by atoms with Crippen molar-refractivity contribution in [2.24, 2.45) is 0 Å². The van der Waals surface area contributed by atoms with Gasteiger partial charge in [0.15, 0.2) is 0 Å². The molecule has 1 aromatic rings. The zero-order chi connectivity index (χ0) is 27.2. The average Bonchev–Trinajstić information content (AvgIpc) is 2.89. The second kappa shape index (κ2) is 13.4. The molecule has 1 aliphatic heterocycles. The number of likely N-dealkylation sites (N-methyl/N-ethyl adjacent to an activating group) is 3. The standard InChI is InChI=1S/C27H46N4O5S/c1-7-30-12-14-31(15-13-30)24-10-8-23(9-11-24)29(5)26(32)20-36-17-16-28(4)37(33,34)27-21(2)18-25(35-6)19-22(27)3/h18-19,23-24H,7-17,20H2,1-6H3/t23-,24-. The summed E-state index contributed by atoms with van der Waals surface area (Å²) in [7, 11) is 1.28. The number of ether oxygens (including phenoxy) is 2. The second-order valence-electron chi connectivity index (χ2n) is 10.4. The smallest absolute Gasteiger partial charge is 0.248 e. The molecule has 1 saturated carbocycles. The maximum atomic E-state index is 13.1. The van der Waals surface area contributed by atoms with Crippen molar-refractivity contribution < 1.29 is 22.7 Å². The Morgan fingerprint density at radius 2 is 1.62 bits per heavy atom. The first kappa shape index (κ1) is 29.8. The van der Waals surface area contributed by atoms with Crippen molar-refractivity contribution in [2.75, 3.05) is 73.7 Å². The van der Waals surface area contributed by atoms with Gasteiger partial charge >= 0.3 is 0 Å². The van der Waals surface area contributed by atoms with Crippen molar-refractivity contribution in [3.8, 4) is 5.75 Å². The molecule has 0 radical (unpaired) electrons. The number of hydrogen-bond donors (Lipinski definition) is 0. The lowest BCUT2D eigenvalue weighted by Crippen LogP contribution is -2.52. The molecule has 9 nitrogen and oxygen atoms in total. The van der Waals surface area contributed by atoms with Crippen LogP contribution in [0, 0.1) is 13.8 Å². The third-order valence-corrected chi connectivity index (χ3v) is 10.3. The number of rotatable bonds is 11. The van der Waals surface area contributed by atoms with Gasteiger partial charge in [0, 0.05) is 58.9 Å². The maximum Gasteiger partial charge on any atom is 0.248 e. The predicted molar refractivity (Wildman–Crippen MR) is 146 cm³/mol. The van der Waals surface area contributed by atoms with Crippen LogP contribution in [0.25, 0.3) is 0 Å². The van der Waals surface area contributed by atoms with Gasteiger partial charge < -0.3 is 19.3 Å². The van der Waals surface area contributed by atoms with Crippen LogP contribution < -0.4 is 4.74 Å². The minimum atomic E-state index is -3.68. The number of hydrogen-bond acceptors (Lipinski definition) is 7. The summed E-state index contributed by atoms with van der Waals surface area (Å²) < 4.78 is 38.4. The van der Waals surface area contributed by atoms with Gasteiger partial charge in [0.05, 0.1) is 18.6 Å². The Kier molecular flexibility index (Phi) is 10.8. The first-order valence-electron chi connectivity index (χ1n) is 13.5. The zero-order valence-electron chi connectivity index (χ0n) is 23.5. The van der Waals surface area contributed by atoms with E-state index in [0.717, 1.165) is 58.4 Å². The largest absolute Gasteiger partial charge is 0.497 e. The van der Waals surface area contributed by atoms with E-state index in [1.807, 2.05) is 11.9 Å². The lowest BCUT2D eigenvalue weighted by Gasteiger charge is -2.43. The fraction of sp³-hybridized carbons (Fsp3) is 0.741. The van der Waals surface area contributed by atoms with Crippen LogP contribution in [0.1, 0.15) is 43.7 Å². The number of carbonyl (C=O) groups excluding carboxylic acids is 1.